The fraction of sp³-hybridized carbons (Fsp3) is 0.895. The molecule has 0 rings (SSSR count). The van der Waals surface area contributed by atoms with E-state index in [-0.39, 0.29) is 5.92 Å². The zero-order valence-corrected chi connectivity index (χ0v) is 14.9. The summed E-state index contributed by atoms with van der Waals surface area (Å²) in [6, 6.07) is 0. The van der Waals surface area contributed by atoms with E-state index in [0.717, 1.165) is 32.1 Å². The van der Waals surface area contributed by atoms with Crippen molar-refractivity contribution < 1.29 is 19.8 Å². The molecule has 0 saturated carbocycles. The monoisotopic (exact) mass is 328 g/mol. The highest BCUT2D eigenvalue weighted by Gasteiger charge is 2.09. The summed E-state index contributed by atoms with van der Waals surface area (Å²) in [5.41, 5.74) is 0. The number of hydrogen-bond acceptors (Lipinski definition) is 2. The molecule has 0 spiro atoms. The molecule has 0 saturated heterocycles. The lowest BCUT2D eigenvalue weighted by Crippen LogP contribution is -2.08. The van der Waals surface area contributed by atoms with Crippen LogP contribution in [-0.2, 0) is 9.59 Å². The Kier molecular flexibility index (Phi) is 15.1. The van der Waals surface area contributed by atoms with Crippen molar-refractivity contribution in [1.82, 2.24) is 0 Å². The van der Waals surface area contributed by atoms with Gasteiger partial charge in [-0.05, 0) is 12.8 Å². The highest BCUT2D eigenvalue weighted by Crippen LogP contribution is 2.14. The smallest absolute Gasteiger partial charge is 0.306 e. The van der Waals surface area contributed by atoms with Gasteiger partial charge in [0.2, 0.25) is 0 Å². The van der Waals surface area contributed by atoms with E-state index in [0.29, 0.717) is 6.42 Å². The number of hydrogen-bond donors (Lipinski definition) is 2. The Morgan fingerprint density at radius 2 is 1.00 bits per heavy atom. The quantitative estimate of drug-likeness (QED) is 0.339. The number of unbranched alkanes of at least 4 members (excludes halogenated alkanes) is 12. The number of carbonyl (C=O) groups is 2. The van der Waals surface area contributed by atoms with Crippen LogP contribution in [0.15, 0.2) is 0 Å². The summed E-state index contributed by atoms with van der Waals surface area (Å²) in [6.45, 7) is 1.79. The molecule has 0 aliphatic heterocycles. The van der Waals surface area contributed by atoms with Gasteiger partial charge >= 0.3 is 11.9 Å². The maximum absolute atomic E-state index is 10.7. The fourth-order valence-electron chi connectivity index (χ4n) is 2.79. The molecule has 0 aliphatic rings. The number of carboxylic acid groups (broad SMARTS) is 2. The van der Waals surface area contributed by atoms with Gasteiger partial charge in [-0.3, -0.25) is 9.59 Å². The zero-order valence-electron chi connectivity index (χ0n) is 14.9. The van der Waals surface area contributed by atoms with E-state index in [1.54, 1.807) is 6.92 Å². The lowest BCUT2D eigenvalue weighted by atomic mass is 10.0. The summed E-state index contributed by atoms with van der Waals surface area (Å²) in [5, 5.41) is 17.3. The average Bonchev–Trinajstić information content (AvgIpc) is 2.50. The van der Waals surface area contributed by atoms with Crippen LogP contribution in [0.2, 0.25) is 0 Å². The van der Waals surface area contributed by atoms with Crippen LogP contribution in [0.3, 0.4) is 0 Å². The third-order valence-electron chi connectivity index (χ3n) is 4.45. The predicted molar refractivity (Wildman–Crippen MR) is 93.7 cm³/mol. The molecule has 2 N–H and O–H groups in total. The van der Waals surface area contributed by atoms with Crippen molar-refractivity contribution in [3.63, 3.8) is 0 Å². The molecule has 1 atom stereocenters. The molecule has 4 heteroatoms. The van der Waals surface area contributed by atoms with E-state index < -0.39 is 11.9 Å². The molecule has 1 unspecified atom stereocenters. The summed E-state index contributed by atoms with van der Waals surface area (Å²) >= 11 is 0. The Balaban J connectivity index is 3.08. The van der Waals surface area contributed by atoms with Crippen molar-refractivity contribution >= 4 is 11.9 Å². The van der Waals surface area contributed by atoms with E-state index in [4.69, 9.17) is 10.2 Å². The molecular weight excluding hydrogens is 292 g/mol. The zero-order chi connectivity index (χ0) is 17.3. The van der Waals surface area contributed by atoms with Crippen LogP contribution in [0.4, 0.5) is 0 Å². The van der Waals surface area contributed by atoms with Crippen LogP contribution < -0.4 is 0 Å². The Morgan fingerprint density at radius 1 is 0.652 bits per heavy atom. The van der Waals surface area contributed by atoms with Crippen LogP contribution in [0.5, 0.6) is 0 Å². The molecule has 0 amide bonds. The van der Waals surface area contributed by atoms with E-state index in [1.807, 2.05) is 0 Å². The molecule has 0 heterocycles. The van der Waals surface area contributed by atoms with Crippen molar-refractivity contribution in [2.24, 2.45) is 5.92 Å². The average molecular weight is 328 g/mol. The summed E-state index contributed by atoms with van der Waals surface area (Å²) < 4.78 is 0. The number of aliphatic carboxylic acids is 2. The van der Waals surface area contributed by atoms with Crippen molar-refractivity contribution in [2.75, 3.05) is 0 Å². The first-order chi connectivity index (χ1) is 11.0. The van der Waals surface area contributed by atoms with Gasteiger partial charge in [-0.1, -0.05) is 84.0 Å². The standard InChI is InChI=1S/C19H36O4/c1-17(19(22)23)15-13-11-9-7-5-3-2-4-6-8-10-12-14-16-18(20)21/h17H,2-16H2,1H3,(H,20,21)(H,22,23). The molecule has 0 fully saturated rings. The van der Waals surface area contributed by atoms with E-state index in [9.17, 15) is 9.59 Å². The van der Waals surface area contributed by atoms with Gasteiger partial charge in [-0.25, -0.2) is 0 Å². The SMILES string of the molecule is CC(CCCCCCCCCCCCCCCC(=O)O)C(=O)O. The normalized spacial score (nSPS) is 12.2. The second kappa shape index (κ2) is 15.8. The topological polar surface area (TPSA) is 74.6 Å². The van der Waals surface area contributed by atoms with Gasteiger partial charge in [0, 0.05) is 6.42 Å². The molecule has 0 aliphatic carbocycles. The summed E-state index contributed by atoms with van der Waals surface area (Å²) in [7, 11) is 0. The van der Waals surface area contributed by atoms with Gasteiger partial charge in [-0.15, -0.1) is 0 Å². The van der Waals surface area contributed by atoms with E-state index in [1.165, 1.54) is 57.8 Å². The fourth-order valence-corrected chi connectivity index (χ4v) is 2.79. The summed E-state index contributed by atoms with van der Waals surface area (Å²) in [5.74, 6) is -1.55. The van der Waals surface area contributed by atoms with Crippen molar-refractivity contribution in [2.45, 2.75) is 103 Å². The molecule has 0 aromatic rings. The first kappa shape index (κ1) is 21.9. The largest absolute Gasteiger partial charge is 0.481 e. The Bertz CT molecular complexity index is 302. The predicted octanol–water partition coefficient (Wildman–Crippen LogP) is 5.64. The highest BCUT2D eigenvalue weighted by atomic mass is 16.4. The van der Waals surface area contributed by atoms with E-state index in [2.05, 4.69) is 0 Å². The maximum Gasteiger partial charge on any atom is 0.306 e. The van der Waals surface area contributed by atoms with Crippen molar-refractivity contribution in [1.29, 1.82) is 0 Å². The maximum atomic E-state index is 10.7. The van der Waals surface area contributed by atoms with Gasteiger partial charge in [-0.2, -0.15) is 0 Å². The van der Waals surface area contributed by atoms with Crippen LogP contribution in [0, 0.1) is 5.92 Å². The highest BCUT2D eigenvalue weighted by molar-refractivity contribution is 5.69. The minimum atomic E-state index is -0.679. The minimum Gasteiger partial charge on any atom is -0.481 e. The third kappa shape index (κ3) is 17.1. The van der Waals surface area contributed by atoms with Gasteiger partial charge in [0.1, 0.15) is 0 Å². The first-order valence-electron chi connectivity index (χ1n) is 9.48. The van der Waals surface area contributed by atoms with Crippen LogP contribution >= 0.6 is 0 Å². The van der Waals surface area contributed by atoms with Gasteiger partial charge in [0.05, 0.1) is 5.92 Å². The van der Waals surface area contributed by atoms with Crippen molar-refractivity contribution in [3.8, 4) is 0 Å². The Hall–Kier alpha value is -1.06. The van der Waals surface area contributed by atoms with Crippen LogP contribution in [0.1, 0.15) is 103 Å². The number of rotatable bonds is 17. The molecule has 4 nitrogen and oxygen atoms in total. The molecular formula is C19H36O4. The van der Waals surface area contributed by atoms with Gasteiger partial charge < -0.3 is 10.2 Å². The van der Waals surface area contributed by atoms with Gasteiger partial charge in [0.25, 0.3) is 0 Å². The second-order valence-electron chi connectivity index (χ2n) is 6.77. The molecule has 23 heavy (non-hydrogen) atoms. The molecule has 0 radical (unpaired) electrons. The van der Waals surface area contributed by atoms with Crippen molar-refractivity contribution in [3.05, 3.63) is 0 Å². The summed E-state index contributed by atoms with van der Waals surface area (Å²) in [4.78, 5) is 21.0. The third-order valence-corrected chi connectivity index (χ3v) is 4.45. The summed E-state index contributed by atoms with van der Waals surface area (Å²) in [6.07, 6.45) is 16.6. The van der Waals surface area contributed by atoms with E-state index >= 15 is 0 Å². The second-order valence-corrected chi connectivity index (χ2v) is 6.77. The molecule has 0 aromatic heterocycles. The first-order valence-corrected chi connectivity index (χ1v) is 9.48. The molecule has 0 bridgehead atoms. The van der Waals surface area contributed by atoms with Crippen LogP contribution in [-0.4, -0.2) is 22.2 Å². The Morgan fingerprint density at radius 3 is 1.35 bits per heavy atom. The molecule has 0 aromatic carbocycles. The number of carboxylic acids is 2. The Labute approximate surface area is 141 Å². The lowest BCUT2D eigenvalue weighted by Gasteiger charge is -2.05. The van der Waals surface area contributed by atoms with Gasteiger partial charge in [0.15, 0.2) is 0 Å². The van der Waals surface area contributed by atoms with Crippen LogP contribution in [0.25, 0.3) is 0 Å². The molecule has 136 valence electrons. The minimum absolute atomic E-state index is 0.195. The lowest BCUT2D eigenvalue weighted by molar-refractivity contribution is -0.141.